The first kappa shape index (κ1) is 12.4. The summed E-state index contributed by atoms with van der Waals surface area (Å²) in [5, 5.41) is 0.945. The Balaban J connectivity index is 3.04. The molecule has 0 unspecified atom stereocenters. The zero-order valence-corrected chi connectivity index (χ0v) is 11.4. The molecule has 1 rings (SSSR count). The van der Waals surface area contributed by atoms with E-state index in [4.69, 9.17) is 0 Å². The number of anilines is 1. The molecule has 4 heteroatoms. The SMILES string of the molecule is Cc1cnc(C)c(N(CCBr)C(C)C)n1. The molecule has 0 N–H and O–H groups in total. The summed E-state index contributed by atoms with van der Waals surface area (Å²) in [5.41, 5.74) is 1.96. The fraction of sp³-hybridized carbons (Fsp3) is 0.636. The minimum absolute atomic E-state index is 0.442. The topological polar surface area (TPSA) is 29.0 Å². The van der Waals surface area contributed by atoms with E-state index in [0.29, 0.717) is 6.04 Å². The van der Waals surface area contributed by atoms with Gasteiger partial charge in [-0.15, -0.1) is 0 Å². The molecule has 0 bridgehead atoms. The highest BCUT2D eigenvalue weighted by molar-refractivity contribution is 9.09. The number of halogens is 1. The van der Waals surface area contributed by atoms with Crippen molar-refractivity contribution in [3.8, 4) is 0 Å². The monoisotopic (exact) mass is 271 g/mol. The van der Waals surface area contributed by atoms with E-state index < -0.39 is 0 Å². The highest BCUT2D eigenvalue weighted by Crippen LogP contribution is 2.17. The van der Waals surface area contributed by atoms with Gasteiger partial charge >= 0.3 is 0 Å². The zero-order chi connectivity index (χ0) is 11.4. The number of hydrogen-bond donors (Lipinski definition) is 0. The fourth-order valence-electron chi connectivity index (χ4n) is 1.50. The third-order valence-electron chi connectivity index (χ3n) is 2.27. The number of hydrogen-bond acceptors (Lipinski definition) is 3. The predicted molar refractivity (Wildman–Crippen MR) is 67.8 cm³/mol. The molecule has 0 saturated carbocycles. The fourth-order valence-corrected chi connectivity index (χ4v) is 1.88. The van der Waals surface area contributed by atoms with Crippen molar-refractivity contribution in [1.29, 1.82) is 0 Å². The van der Waals surface area contributed by atoms with Gasteiger partial charge < -0.3 is 4.90 Å². The Bertz CT molecular complexity index is 326. The molecule has 1 heterocycles. The number of nitrogens with zero attached hydrogens (tertiary/aromatic N) is 3. The third-order valence-corrected chi connectivity index (χ3v) is 2.63. The van der Waals surface area contributed by atoms with E-state index in [1.165, 1.54) is 0 Å². The van der Waals surface area contributed by atoms with Crippen LogP contribution in [0.1, 0.15) is 25.2 Å². The van der Waals surface area contributed by atoms with E-state index >= 15 is 0 Å². The molecule has 0 radical (unpaired) electrons. The molecule has 0 atom stereocenters. The van der Waals surface area contributed by atoms with Crippen molar-refractivity contribution in [2.75, 3.05) is 16.8 Å². The van der Waals surface area contributed by atoms with Crippen molar-refractivity contribution in [3.63, 3.8) is 0 Å². The summed E-state index contributed by atoms with van der Waals surface area (Å²) in [7, 11) is 0. The Hall–Kier alpha value is -0.640. The maximum atomic E-state index is 4.56. The van der Waals surface area contributed by atoms with Gasteiger partial charge in [0.1, 0.15) is 0 Å². The van der Waals surface area contributed by atoms with Gasteiger partial charge in [-0.3, -0.25) is 4.98 Å². The lowest BCUT2D eigenvalue weighted by atomic mass is 10.3. The lowest BCUT2D eigenvalue weighted by Crippen LogP contribution is -2.34. The first-order valence-corrected chi connectivity index (χ1v) is 6.31. The normalized spacial score (nSPS) is 10.8. The Morgan fingerprint density at radius 1 is 1.40 bits per heavy atom. The Kier molecular flexibility index (Phi) is 4.51. The van der Waals surface area contributed by atoms with Crippen LogP contribution in [-0.2, 0) is 0 Å². The smallest absolute Gasteiger partial charge is 0.150 e. The maximum Gasteiger partial charge on any atom is 0.150 e. The van der Waals surface area contributed by atoms with Gasteiger partial charge in [0, 0.05) is 24.1 Å². The van der Waals surface area contributed by atoms with Crippen LogP contribution in [0.15, 0.2) is 6.20 Å². The van der Waals surface area contributed by atoms with Crippen LogP contribution >= 0.6 is 15.9 Å². The van der Waals surface area contributed by atoms with Crippen LogP contribution in [-0.4, -0.2) is 27.9 Å². The number of alkyl halides is 1. The maximum absolute atomic E-state index is 4.56. The van der Waals surface area contributed by atoms with Crippen molar-refractivity contribution in [2.45, 2.75) is 33.7 Å². The largest absolute Gasteiger partial charge is 0.352 e. The molecular weight excluding hydrogens is 254 g/mol. The van der Waals surface area contributed by atoms with Gasteiger partial charge in [0.15, 0.2) is 5.82 Å². The lowest BCUT2D eigenvalue weighted by Gasteiger charge is -2.28. The lowest BCUT2D eigenvalue weighted by molar-refractivity contribution is 0.690. The molecule has 0 aliphatic carbocycles. The third kappa shape index (κ3) is 3.16. The Labute approximate surface area is 100 Å². The molecule has 0 aromatic carbocycles. The van der Waals surface area contributed by atoms with Gasteiger partial charge in [-0.05, 0) is 27.7 Å². The standard InChI is InChI=1S/C11H18BrN3/c1-8(2)15(6-5-12)11-10(4)13-7-9(3)14-11/h7-8H,5-6H2,1-4H3. The molecule has 1 aromatic rings. The van der Waals surface area contributed by atoms with Crippen molar-refractivity contribution in [3.05, 3.63) is 17.6 Å². The van der Waals surface area contributed by atoms with Crippen LogP contribution in [0.25, 0.3) is 0 Å². The molecule has 3 nitrogen and oxygen atoms in total. The van der Waals surface area contributed by atoms with Crippen LogP contribution in [0.4, 0.5) is 5.82 Å². The number of rotatable bonds is 4. The highest BCUT2D eigenvalue weighted by atomic mass is 79.9. The molecule has 0 aliphatic rings. The molecule has 84 valence electrons. The van der Waals surface area contributed by atoms with E-state index in [0.717, 1.165) is 29.1 Å². The first-order valence-electron chi connectivity index (χ1n) is 5.19. The van der Waals surface area contributed by atoms with E-state index in [2.05, 4.69) is 44.6 Å². The van der Waals surface area contributed by atoms with E-state index in [-0.39, 0.29) is 0 Å². The van der Waals surface area contributed by atoms with Gasteiger partial charge in [-0.25, -0.2) is 4.98 Å². The van der Waals surface area contributed by atoms with Gasteiger partial charge in [-0.2, -0.15) is 0 Å². The quantitative estimate of drug-likeness (QED) is 0.789. The molecular formula is C11H18BrN3. The molecule has 0 spiro atoms. The molecule has 0 fully saturated rings. The van der Waals surface area contributed by atoms with E-state index in [1.54, 1.807) is 0 Å². The van der Waals surface area contributed by atoms with Gasteiger partial charge in [-0.1, -0.05) is 15.9 Å². The van der Waals surface area contributed by atoms with E-state index in [9.17, 15) is 0 Å². The summed E-state index contributed by atoms with van der Waals surface area (Å²) in [5.74, 6) is 1.00. The second kappa shape index (κ2) is 5.45. The van der Waals surface area contributed by atoms with Crippen molar-refractivity contribution >= 4 is 21.7 Å². The van der Waals surface area contributed by atoms with Crippen LogP contribution in [0.3, 0.4) is 0 Å². The summed E-state index contributed by atoms with van der Waals surface area (Å²) in [6.07, 6.45) is 1.81. The predicted octanol–water partition coefficient (Wildman–Crippen LogP) is 2.70. The molecule has 0 amide bonds. The average Bonchev–Trinajstić information content (AvgIpc) is 2.18. The van der Waals surface area contributed by atoms with Crippen LogP contribution in [0.2, 0.25) is 0 Å². The summed E-state index contributed by atoms with van der Waals surface area (Å²) < 4.78 is 0. The molecule has 1 aromatic heterocycles. The summed E-state index contributed by atoms with van der Waals surface area (Å²) in [4.78, 5) is 11.2. The van der Waals surface area contributed by atoms with Gasteiger partial charge in [0.25, 0.3) is 0 Å². The minimum Gasteiger partial charge on any atom is -0.352 e. The minimum atomic E-state index is 0.442. The Morgan fingerprint density at radius 2 is 2.07 bits per heavy atom. The first-order chi connectivity index (χ1) is 7.06. The van der Waals surface area contributed by atoms with Crippen LogP contribution in [0, 0.1) is 13.8 Å². The number of aryl methyl sites for hydroxylation is 2. The van der Waals surface area contributed by atoms with Crippen molar-refractivity contribution in [1.82, 2.24) is 9.97 Å². The average molecular weight is 272 g/mol. The van der Waals surface area contributed by atoms with Gasteiger partial charge in [0.05, 0.1) is 11.4 Å². The summed E-state index contributed by atoms with van der Waals surface area (Å²) >= 11 is 3.47. The summed E-state index contributed by atoms with van der Waals surface area (Å²) in [6.45, 7) is 9.28. The highest BCUT2D eigenvalue weighted by Gasteiger charge is 2.14. The zero-order valence-electron chi connectivity index (χ0n) is 9.79. The molecule has 0 saturated heterocycles. The van der Waals surface area contributed by atoms with Crippen LogP contribution < -0.4 is 4.90 Å². The van der Waals surface area contributed by atoms with Gasteiger partial charge in [0.2, 0.25) is 0 Å². The molecule has 0 aliphatic heterocycles. The summed E-state index contributed by atoms with van der Waals surface area (Å²) in [6, 6.07) is 0.442. The van der Waals surface area contributed by atoms with Crippen molar-refractivity contribution < 1.29 is 0 Å². The Morgan fingerprint density at radius 3 is 2.60 bits per heavy atom. The number of aromatic nitrogens is 2. The molecule has 15 heavy (non-hydrogen) atoms. The second-order valence-electron chi connectivity index (χ2n) is 3.90. The van der Waals surface area contributed by atoms with Crippen molar-refractivity contribution in [2.24, 2.45) is 0 Å². The van der Waals surface area contributed by atoms with E-state index in [1.807, 2.05) is 20.0 Å². The van der Waals surface area contributed by atoms with Crippen LogP contribution in [0.5, 0.6) is 0 Å². The second-order valence-corrected chi connectivity index (χ2v) is 4.69.